The zero-order valence-electron chi connectivity index (χ0n) is 5.27. The summed E-state index contributed by atoms with van der Waals surface area (Å²) in [5.41, 5.74) is 5.75. The fourth-order valence-electron chi connectivity index (χ4n) is 0.243. The van der Waals surface area contributed by atoms with Crippen LogP contribution in [0.5, 0.6) is 0 Å². The van der Waals surface area contributed by atoms with Gasteiger partial charge in [0.2, 0.25) is 5.91 Å². The molecule has 0 saturated heterocycles. The zero-order valence-corrected chi connectivity index (χ0v) is 5.27. The van der Waals surface area contributed by atoms with Gasteiger partial charge in [0.05, 0.1) is 5.92 Å². The van der Waals surface area contributed by atoms with E-state index in [1.54, 1.807) is 13.8 Å². The van der Waals surface area contributed by atoms with Crippen LogP contribution in [0.1, 0.15) is 13.8 Å². The fourth-order valence-corrected chi connectivity index (χ4v) is 0.243. The van der Waals surface area contributed by atoms with Crippen LogP contribution >= 0.6 is 0 Å². The molecule has 0 aromatic rings. The van der Waals surface area contributed by atoms with Crippen molar-refractivity contribution in [3.8, 4) is 0 Å². The minimum atomic E-state index is -0.308. The topological polar surface area (TPSA) is 43.1 Å². The maximum Gasteiger partial charge on any atom is 0.224 e. The summed E-state index contributed by atoms with van der Waals surface area (Å²) in [6.45, 7) is 7.10. The lowest BCUT2D eigenvalue weighted by Gasteiger charge is -2.02. The molecule has 46 valence electrons. The monoisotopic (exact) mass is 113 g/mol. The van der Waals surface area contributed by atoms with E-state index in [0.29, 0.717) is 0 Å². The molecule has 0 radical (unpaired) electrons. The molecule has 0 aliphatic heterocycles. The molecule has 8 heavy (non-hydrogen) atoms. The summed E-state index contributed by atoms with van der Waals surface area (Å²) >= 11 is 0. The average molecular weight is 113 g/mol. The van der Waals surface area contributed by atoms with E-state index < -0.39 is 0 Å². The van der Waals surface area contributed by atoms with Crippen LogP contribution in [0.4, 0.5) is 0 Å². The van der Waals surface area contributed by atoms with Gasteiger partial charge in [0, 0.05) is 0 Å². The number of hydrogen-bond donors (Lipinski definition) is 1. The van der Waals surface area contributed by atoms with E-state index in [2.05, 4.69) is 6.58 Å². The Morgan fingerprint density at radius 2 is 2.12 bits per heavy atom. The van der Waals surface area contributed by atoms with Gasteiger partial charge in [-0.2, -0.15) is 0 Å². The predicted molar refractivity (Wildman–Crippen MR) is 33.2 cm³/mol. The van der Waals surface area contributed by atoms with Crippen molar-refractivity contribution in [3.05, 3.63) is 12.2 Å². The van der Waals surface area contributed by atoms with Gasteiger partial charge in [-0.05, 0) is 13.8 Å². The van der Waals surface area contributed by atoms with Crippen molar-refractivity contribution >= 4 is 5.91 Å². The molecule has 0 aliphatic rings. The van der Waals surface area contributed by atoms with Gasteiger partial charge in [-0.25, -0.2) is 0 Å². The van der Waals surface area contributed by atoms with Crippen molar-refractivity contribution in [3.63, 3.8) is 0 Å². The van der Waals surface area contributed by atoms with Gasteiger partial charge < -0.3 is 5.73 Å². The summed E-state index contributed by atoms with van der Waals surface area (Å²) in [4.78, 5) is 10.3. The third-order valence-electron chi connectivity index (χ3n) is 1.17. The Hall–Kier alpha value is -0.790. The van der Waals surface area contributed by atoms with Crippen LogP contribution in [0, 0.1) is 5.92 Å². The van der Waals surface area contributed by atoms with Crippen molar-refractivity contribution in [2.24, 2.45) is 11.7 Å². The SMILES string of the molecule is C=C(C)C(C)C(N)=O. The second-order valence-electron chi connectivity index (χ2n) is 1.97. The Bertz CT molecular complexity index is 104. The molecule has 0 heterocycles. The van der Waals surface area contributed by atoms with E-state index in [0.717, 1.165) is 5.57 Å². The molecule has 0 rings (SSSR count). The summed E-state index contributed by atoms with van der Waals surface area (Å²) in [7, 11) is 0. The van der Waals surface area contributed by atoms with Crippen LogP contribution in [-0.4, -0.2) is 5.91 Å². The van der Waals surface area contributed by atoms with Gasteiger partial charge >= 0.3 is 0 Å². The first-order valence-electron chi connectivity index (χ1n) is 2.50. The van der Waals surface area contributed by atoms with Gasteiger partial charge in [0.25, 0.3) is 0 Å². The highest BCUT2D eigenvalue weighted by Gasteiger charge is 2.06. The summed E-state index contributed by atoms with van der Waals surface area (Å²) in [6, 6.07) is 0. The van der Waals surface area contributed by atoms with Crippen molar-refractivity contribution in [2.75, 3.05) is 0 Å². The predicted octanol–water partition coefficient (Wildman–Crippen LogP) is 0.684. The van der Waals surface area contributed by atoms with Crippen LogP contribution in [0.2, 0.25) is 0 Å². The lowest BCUT2D eigenvalue weighted by molar-refractivity contribution is -0.120. The molecule has 2 N–H and O–H groups in total. The third kappa shape index (κ3) is 1.78. The Morgan fingerprint density at radius 1 is 1.75 bits per heavy atom. The van der Waals surface area contributed by atoms with Gasteiger partial charge in [-0.15, -0.1) is 0 Å². The minimum absolute atomic E-state index is 0.185. The molecule has 0 bridgehead atoms. The highest BCUT2D eigenvalue weighted by molar-refractivity contribution is 5.78. The Balaban J connectivity index is 3.83. The standard InChI is InChI=1S/C6H11NO/c1-4(2)5(3)6(7)8/h5H,1H2,2-3H3,(H2,7,8). The van der Waals surface area contributed by atoms with Gasteiger partial charge in [-0.3, -0.25) is 4.79 Å². The lowest BCUT2D eigenvalue weighted by Crippen LogP contribution is -2.20. The number of hydrogen-bond acceptors (Lipinski definition) is 1. The zero-order chi connectivity index (χ0) is 6.73. The quantitative estimate of drug-likeness (QED) is 0.526. The van der Waals surface area contributed by atoms with Crippen LogP contribution in [-0.2, 0) is 4.79 Å². The Labute approximate surface area is 49.4 Å². The number of nitrogens with two attached hydrogens (primary N) is 1. The number of rotatable bonds is 2. The van der Waals surface area contributed by atoms with Gasteiger partial charge in [0.1, 0.15) is 0 Å². The lowest BCUT2D eigenvalue weighted by atomic mass is 10.1. The number of primary amides is 1. The summed E-state index contributed by atoms with van der Waals surface area (Å²) < 4.78 is 0. The molecule has 0 aliphatic carbocycles. The van der Waals surface area contributed by atoms with Gasteiger partial charge in [0.15, 0.2) is 0 Å². The second-order valence-corrected chi connectivity index (χ2v) is 1.97. The fraction of sp³-hybridized carbons (Fsp3) is 0.500. The van der Waals surface area contributed by atoms with Gasteiger partial charge in [-0.1, -0.05) is 12.2 Å². The van der Waals surface area contributed by atoms with Crippen LogP contribution < -0.4 is 5.73 Å². The van der Waals surface area contributed by atoms with Crippen molar-refractivity contribution in [2.45, 2.75) is 13.8 Å². The molecule has 0 saturated carbocycles. The maximum atomic E-state index is 10.3. The van der Waals surface area contributed by atoms with Crippen molar-refractivity contribution in [1.29, 1.82) is 0 Å². The Morgan fingerprint density at radius 3 is 2.12 bits per heavy atom. The number of amides is 1. The largest absolute Gasteiger partial charge is 0.369 e. The minimum Gasteiger partial charge on any atom is -0.369 e. The van der Waals surface area contributed by atoms with E-state index in [1.165, 1.54) is 0 Å². The molecule has 0 aromatic heterocycles. The summed E-state index contributed by atoms with van der Waals surface area (Å²) in [5.74, 6) is -0.493. The molecule has 0 fully saturated rings. The number of carbonyl (C=O) groups excluding carboxylic acids is 1. The van der Waals surface area contributed by atoms with E-state index >= 15 is 0 Å². The molecule has 1 amide bonds. The van der Waals surface area contributed by atoms with Crippen LogP contribution in [0.25, 0.3) is 0 Å². The van der Waals surface area contributed by atoms with E-state index in [-0.39, 0.29) is 11.8 Å². The molecule has 1 atom stereocenters. The third-order valence-corrected chi connectivity index (χ3v) is 1.17. The number of carbonyl (C=O) groups is 1. The first-order chi connectivity index (χ1) is 3.55. The normalized spacial score (nSPS) is 12.8. The molecular formula is C6H11NO. The molecular weight excluding hydrogens is 102 g/mol. The molecule has 2 nitrogen and oxygen atoms in total. The molecule has 2 heteroatoms. The van der Waals surface area contributed by atoms with E-state index in [1.807, 2.05) is 0 Å². The summed E-state index contributed by atoms with van der Waals surface area (Å²) in [6.07, 6.45) is 0. The highest BCUT2D eigenvalue weighted by Crippen LogP contribution is 2.03. The summed E-state index contributed by atoms with van der Waals surface area (Å²) in [5, 5.41) is 0. The average Bonchev–Trinajstić information content (AvgIpc) is 1.64. The van der Waals surface area contributed by atoms with Crippen molar-refractivity contribution < 1.29 is 4.79 Å². The van der Waals surface area contributed by atoms with E-state index in [4.69, 9.17) is 5.73 Å². The first kappa shape index (κ1) is 7.21. The van der Waals surface area contributed by atoms with Crippen LogP contribution in [0.3, 0.4) is 0 Å². The highest BCUT2D eigenvalue weighted by atomic mass is 16.1. The smallest absolute Gasteiger partial charge is 0.224 e. The molecule has 1 unspecified atom stereocenters. The van der Waals surface area contributed by atoms with Crippen LogP contribution in [0.15, 0.2) is 12.2 Å². The first-order valence-corrected chi connectivity index (χ1v) is 2.50. The Kier molecular flexibility index (Phi) is 2.25. The van der Waals surface area contributed by atoms with E-state index in [9.17, 15) is 4.79 Å². The van der Waals surface area contributed by atoms with Crippen molar-refractivity contribution in [1.82, 2.24) is 0 Å². The second kappa shape index (κ2) is 2.50. The molecule has 0 spiro atoms. The molecule has 0 aromatic carbocycles. The maximum absolute atomic E-state index is 10.3.